The molecule has 136 valence electrons. The molecular formula is C15H14ClN5O4S. The van der Waals surface area contributed by atoms with Crippen LogP contribution >= 0.6 is 22.9 Å². The Morgan fingerprint density at radius 2 is 2.19 bits per heavy atom. The van der Waals surface area contributed by atoms with Gasteiger partial charge in [-0.15, -0.1) is 0 Å². The number of urea groups is 1. The van der Waals surface area contributed by atoms with Gasteiger partial charge in [0, 0.05) is 6.42 Å². The molecule has 2 heterocycles. The first-order valence-electron chi connectivity index (χ1n) is 7.41. The van der Waals surface area contributed by atoms with Crippen molar-refractivity contribution >= 4 is 34.1 Å². The topological polar surface area (TPSA) is 122 Å². The molecule has 9 nitrogen and oxygen atoms in total. The lowest BCUT2D eigenvalue weighted by molar-refractivity contribution is 0.247. The number of H-pyrrole nitrogens is 1. The van der Waals surface area contributed by atoms with Gasteiger partial charge in [-0.05, 0) is 17.7 Å². The van der Waals surface area contributed by atoms with Gasteiger partial charge in [-0.25, -0.2) is 14.6 Å². The molecule has 3 aromatic rings. The Morgan fingerprint density at radius 3 is 2.77 bits per heavy atom. The van der Waals surface area contributed by atoms with E-state index in [4.69, 9.17) is 16.3 Å². The normalized spacial score (nSPS) is 11.8. The molecule has 0 fully saturated rings. The zero-order valence-electron chi connectivity index (χ0n) is 13.5. The molecule has 0 aliphatic heterocycles. The number of hydrogen-bond acceptors (Lipinski definition) is 7. The van der Waals surface area contributed by atoms with Gasteiger partial charge in [-0.1, -0.05) is 40.2 Å². The number of carbonyl (C=O) groups excluding carboxylic acids is 1. The van der Waals surface area contributed by atoms with E-state index in [9.17, 15) is 9.59 Å². The molecule has 1 aromatic carbocycles. The van der Waals surface area contributed by atoms with Crippen LogP contribution in [0, 0.1) is 0 Å². The molecule has 0 aliphatic carbocycles. The molecule has 11 heteroatoms. The number of methoxy groups -OCH3 is 1. The van der Waals surface area contributed by atoms with Crippen molar-refractivity contribution in [2.24, 2.45) is 0 Å². The molecule has 2 amide bonds. The van der Waals surface area contributed by atoms with Crippen LogP contribution in [0.3, 0.4) is 0 Å². The van der Waals surface area contributed by atoms with Crippen molar-refractivity contribution in [2.45, 2.75) is 12.5 Å². The van der Waals surface area contributed by atoms with Crippen LogP contribution < -0.4 is 21.1 Å². The van der Waals surface area contributed by atoms with Crippen molar-refractivity contribution < 1.29 is 14.1 Å². The molecule has 0 saturated heterocycles. The smallest absolute Gasteiger partial charge is 0.438 e. The maximum Gasteiger partial charge on any atom is 0.438 e. The summed E-state index contributed by atoms with van der Waals surface area (Å²) in [4.78, 5) is 29.9. The van der Waals surface area contributed by atoms with Crippen molar-refractivity contribution in [3.8, 4) is 5.75 Å². The van der Waals surface area contributed by atoms with Gasteiger partial charge in [0.25, 0.3) is 0 Å². The summed E-state index contributed by atoms with van der Waals surface area (Å²) >= 11 is 6.92. The van der Waals surface area contributed by atoms with Gasteiger partial charge in [0.05, 0.1) is 19.3 Å². The highest BCUT2D eigenvalue weighted by atomic mass is 35.5. The van der Waals surface area contributed by atoms with Crippen LogP contribution in [-0.2, 0) is 6.42 Å². The summed E-state index contributed by atoms with van der Waals surface area (Å²) < 4.78 is 10.1. The summed E-state index contributed by atoms with van der Waals surface area (Å²) in [6, 6.07) is 6.17. The number of hydrogen-bond donors (Lipinski definition) is 3. The number of carbonyl (C=O) groups is 1. The van der Waals surface area contributed by atoms with Gasteiger partial charge >= 0.3 is 11.8 Å². The first kappa shape index (κ1) is 18.0. The molecule has 26 heavy (non-hydrogen) atoms. The number of ether oxygens (including phenoxy) is 1. The van der Waals surface area contributed by atoms with Crippen LogP contribution in [0.15, 0.2) is 39.8 Å². The largest absolute Gasteiger partial charge is 0.497 e. The van der Waals surface area contributed by atoms with Gasteiger partial charge in [-0.2, -0.15) is 0 Å². The quantitative estimate of drug-likeness (QED) is 0.589. The van der Waals surface area contributed by atoms with Crippen molar-refractivity contribution in [2.75, 3.05) is 12.4 Å². The van der Waals surface area contributed by atoms with Gasteiger partial charge in [0.15, 0.2) is 11.0 Å². The molecule has 0 saturated carbocycles. The SMILES string of the molecule is COc1ccc(CC(NC(=O)Nc2ncc(Cl)s2)c2noc(=O)[nH]2)cc1. The van der Waals surface area contributed by atoms with Gasteiger partial charge < -0.3 is 10.1 Å². The van der Waals surface area contributed by atoms with Crippen LogP contribution in [0.5, 0.6) is 5.75 Å². The van der Waals surface area contributed by atoms with Crippen LogP contribution in [0.1, 0.15) is 17.4 Å². The minimum atomic E-state index is -0.700. The molecule has 0 aliphatic rings. The van der Waals surface area contributed by atoms with E-state index in [2.05, 4.69) is 30.3 Å². The molecule has 2 aromatic heterocycles. The summed E-state index contributed by atoms with van der Waals surface area (Å²) in [5.74, 6) is 0.221. The zero-order valence-corrected chi connectivity index (χ0v) is 15.1. The third-order valence-corrected chi connectivity index (χ3v) is 4.42. The van der Waals surface area contributed by atoms with Gasteiger partial charge in [0.2, 0.25) is 0 Å². The summed E-state index contributed by atoms with van der Waals surface area (Å²) in [6.45, 7) is 0. The Bertz CT molecular complexity index is 936. The Balaban J connectivity index is 1.74. The highest BCUT2D eigenvalue weighted by Gasteiger charge is 2.20. The first-order chi connectivity index (χ1) is 12.5. The lowest BCUT2D eigenvalue weighted by Crippen LogP contribution is -2.34. The Labute approximate surface area is 156 Å². The van der Waals surface area contributed by atoms with Crippen LogP contribution in [0.25, 0.3) is 0 Å². The van der Waals surface area contributed by atoms with E-state index in [1.165, 1.54) is 6.20 Å². The van der Waals surface area contributed by atoms with Gasteiger partial charge in [0.1, 0.15) is 10.1 Å². The minimum Gasteiger partial charge on any atom is -0.497 e. The highest BCUT2D eigenvalue weighted by molar-refractivity contribution is 7.19. The third-order valence-electron chi connectivity index (χ3n) is 3.39. The fraction of sp³-hybridized carbons (Fsp3) is 0.200. The molecule has 0 radical (unpaired) electrons. The second-order valence-electron chi connectivity index (χ2n) is 5.15. The van der Waals surface area contributed by atoms with Crippen molar-refractivity contribution in [1.82, 2.24) is 20.4 Å². The number of aromatic amines is 1. The van der Waals surface area contributed by atoms with E-state index in [1.54, 1.807) is 19.2 Å². The van der Waals surface area contributed by atoms with Crippen molar-refractivity contribution in [1.29, 1.82) is 0 Å². The van der Waals surface area contributed by atoms with Crippen LogP contribution in [0.4, 0.5) is 9.93 Å². The van der Waals surface area contributed by atoms with E-state index >= 15 is 0 Å². The summed E-state index contributed by atoms with van der Waals surface area (Å²) in [7, 11) is 1.58. The average molecular weight is 396 g/mol. The van der Waals surface area contributed by atoms with Crippen molar-refractivity contribution in [3.05, 3.63) is 56.7 Å². The van der Waals surface area contributed by atoms with E-state index in [0.717, 1.165) is 16.9 Å². The standard InChI is InChI=1S/C15H14ClN5O4S/c1-24-9-4-2-8(3-5-9)6-10(12-19-15(23)25-21-12)18-13(22)20-14-17-7-11(16)26-14/h2-5,7,10H,6H2,1H3,(H,19,21,23)(H2,17,18,20,22). The van der Waals surface area contributed by atoms with Crippen LogP contribution in [-0.4, -0.2) is 28.3 Å². The highest BCUT2D eigenvalue weighted by Crippen LogP contribution is 2.23. The first-order valence-corrected chi connectivity index (χ1v) is 8.60. The number of anilines is 1. The number of halogens is 1. The minimum absolute atomic E-state index is 0.207. The molecule has 0 bridgehead atoms. The Kier molecular flexibility index (Phi) is 5.54. The predicted octanol–water partition coefficient (Wildman–Crippen LogP) is 2.59. The maximum absolute atomic E-state index is 12.2. The Morgan fingerprint density at radius 1 is 1.42 bits per heavy atom. The van der Waals surface area contributed by atoms with Gasteiger partial charge in [-0.3, -0.25) is 14.8 Å². The second-order valence-corrected chi connectivity index (χ2v) is 6.81. The monoisotopic (exact) mass is 395 g/mol. The molecule has 1 atom stereocenters. The molecule has 0 spiro atoms. The third kappa shape index (κ3) is 4.61. The van der Waals surface area contributed by atoms with E-state index in [0.29, 0.717) is 21.6 Å². The number of aromatic nitrogens is 3. The molecule has 1 unspecified atom stereocenters. The summed E-state index contributed by atoms with van der Waals surface area (Å²) in [6.07, 6.45) is 1.81. The van der Waals surface area contributed by atoms with E-state index < -0.39 is 17.8 Å². The maximum atomic E-state index is 12.2. The number of nitrogens with zero attached hydrogens (tertiary/aromatic N) is 2. The molecular weight excluding hydrogens is 382 g/mol. The second kappa shape index (κ2) is 8.02. The summed E-state index contributed by atoms with van der Waals surface area (Å²) in [5, 5.41) is 9.32. The number of rotatable bonds is 6. The number of nitrogens with one attached hydrogen (secondary N) is 3. The number of thiazole rings is 1. The van der Waals surface area contributed by atoms with E-state index in [1.807, 2.05) is 12.1 Å². The lowest BCUT2D eigenvalue weighted by atomic mass is 10.1. The zero-order chi connectivity index (χ0) is 18.5. The fourth-order valence-electron chi connectivity index (χ4n) is 2.21. The predicted molar refractivity (Wildman–Crippen MR) is 95.8 cm³/mol. The summed E-state index contributed by atoms with van der Waals surface area (Å²) in [5.41, 5.74) is 0.900. The van der Waals surface area contributed by atoms with Crippen molar-refractivity contribution in [3.63, 3.8) is 0 Å². The molecule has 3 N–H and O–H groups in total. The van der Waals surface area contributed by atoms with E-state index in [-0.39, 0.29) is 5.82 Å². The lowest BCUT2D eigenvalue weighted by Gasteiger charge is -2.16. The fourth-order valence-corrected chi connectivity index (χ4v) is 3.02. The number of amides is 2. The van der Waals surface area contributed by atoms with Crippen LogP contribution in [0.2, 0.25) is 4.34 Å². The Hall–Kier alpha value is -2.85. The number of benzene rings is 1. The molecule has 3 rings (SSSR count). The average Bonchev–Trinajstić information content (AvgIpc) is 3.23.